The molecular weight excluding hydrogens is 479 g/mol. The molecular formula is C27H29FN4O5. The Bertz CT molecular complexity index is 1460. The Kier molecular flexibility index (Phi) is 6.13. The monoisotopic (exact) mass is 508 g/mol. The van der Waals surface area contributed by atoms with Gasteiger partial charge in [0.15, 0.2) is 11.6 Å². The summed E-state index contributed by atoms with van der Waals surface area (Å²) in [4.78, 5) is 42.8. The van der Waals surface area contributed by atoms with E-state index < -0.39 is 28.9 Å². The maximum absolute atomic E-state index is 15.2. The lowest BCUT2D eigenvalue weighted by atomic mass is 9.98. The van der Waals surface area contributed by atoms with E-state index in [2.05, 4.69) is 10.3 Å². The maximum Gasteiger partial charge on any atom is 0.412 e. The standard InChI is InChI=1S/C27H29FN4O5/c1-27(2,3)37-26(36)29-17-6-4-5-15(11-17)16-9-10-31(13-16)24-21(28)12-19-22(33)20(25(34)35)14-32(18-7-8-18)23(19)30-24/h4-6,11-12,14,16,18H,7-10,13H2,1-3H3,(H,29,36)(H,34,35). The summed E-state index contributed by atoms with van der Waals surface area (Å²) in [7, 11) is 0. The van der Waals surface area contributed by atoms with E-state index in [9.17, 15) is 19.5 Å². The van der Waals surface area contributed by atoms with Crippen molar-refractivity contribution in [3.63, 3.8) is 0 Å². The fraction of sp³-hybridized carbons (Fsp3) is 0.407. The Labute approximate surface area is 212 Å². The third-order valence-electron chi connectivity index (χ3n) is 6.60. The number of nitrogens with one attached hydrogen (secondary N) is 1. The molecule has 1 amide bonds. The number of anilines is 2. The third kappa shape index (κ3) is 5.14. The summed E-state index contributed by atoms with van der Waals surface area (Å²) in [6.07, 6.45) is 3.25. The van der Waals surface area contributed by atoms with Crippen LogP contribution in [0.1, 0.15) is 67.9 Å². The van der Waals surface area contributed by atoms with Crippen molar-refractivity contribution in [1.29, 1.82) is 0 Å². The zero-order valence-electron chi connectivity index (χ0n) is 21.0. The van der Waals surface area contributed by atoms with E-state index in [0.717, 1.165) is 30.9 Å². The molecule has 1 atom stereocenters. The Morgan fingerprint density at radius 3 is 2.62 bits per heavy atom. The van der Waals surface area contributed by atoms with Gasteiger partial charge in [-0.3, -0.25) is 10.1 Å². The summed E-state index contributed by atoms with van der Waals surface area (Å²) in [5.74, 6) is -1.76. The van der Waals surface area contributed by atoms with Gasteiger partial charge in [-0.25, -0.2) is 19.0 Å². The molecule has 0 bridgehead atoms. The first-order valence-electron chi connectivity index (χ1n) is 12.3. The second-order valence-electron chi connectivity index (χ2n) is 10.7. The number of carbonyl (C=O) groups excluding carboxylic acids is 1. The van der Waals surface area contributed by atoms with E-state index >= 15 is 4.39 Å². The molecule has 2 fully saturated rings. The summed E-state index contributed by atoms with van der Waals surface area (Å²) < 4.78 is 22.3. The molecule has 1 aliphatic carbocycles. The number of amides is 1. The van der Waals surface area contributed by atoms with Gasteiger partial charge in [0.05, 0.1) is 5.39 Å². The van der Waals surface area contributed by atoms with Gasteiger partial charge < -0.3 is 19.3 Å². The van der Waals surface area contributed by atoms with Crippen molar-refractivity contribution < 1.29 is 23.8 Å². The lowest BCUT2D eigenvalue weighted by molar-refractivity contribution is 0.0634. The Morgan fingerprint density at radius 2 is 1.95 bits per heavy atom. The third-order valence-corrected chi connectivity index (χ3v) is 6.60. The lowest BCUT2D eigenvalue weighted by Gasteiger charge is -2.21. The number of benzene rings is 1. The number of carboxylic acid groups (broad SMARTS) is 1. The zero-order chi connectivity index (χ0) is 26.5. The number of aromatic nitrogens is 2. The van der Waals surface area contributed by atoms with Gasteiger partial charge in [0, 0.05) is 36.9 Å². The SMILES string of the molecule is CC(C)(C)OC(=O)Nc1cccc(C2CCN(c3nc4c(cc3F)c(=O)c(C(=O)O)cn4C3CC3)C2)c1. The largest absolute Gasteiger partial charge is 0.477 e. The number of hydrogen-bond donors (Lipinski definition) is 2. The normalized spacial score (nSPS) is 17.7. The molecule has 3 heterocycles. The number of rotatable bonds is 5. The van der Waals surface area contributed by atoms with Crippen molar-refractivity contribution in [2.75, 3.05) is 23.3 Å². The summed E-state index contributed by atoms with van der Waals surface area (Å²) in [5, 5.41) is 12.2. The molecule has 9 nitrogen and oxygen atoms in total. The van der Waals surface area contributed by atoms with Crippen LogP contribution in [0.25, 0.3) is 11.0 Å². The van der Waals surface area contributed by atoms with Crippen LogP contribution in [0.2, 0.25) is 0 Å². The highest BCUT2D eigenvalue weighted by Gasteiger charge is 2.31. The molecule has 1 aliphatic heterocycles. The second kappa shape index (κ2) is 9.17. The van der Waals surface area contributed by atoms with E-state index in [1.165, 1.54) is 6.20 Å². The molecule has 1 saturated carbocycles. The number of pyridine rings is 2. The van der Waals surface area contributed by atoms with Crippen LogP contribution in [-0.4, -0.2) is 45.4 Å². The smallest absolute Gasteiger partial charge is 0.412 e. The first-order valence-corrected chi connectivity index (χ1v) is 12.3. The quantitative estimate of drug-likeness (QED) is 0.503. The van der Waals surface area contributed by atoms with Crippen molar-refractivity contribution in [3.05, 3.63) is 63.7 Å². The van der Waals surface area contributed by atoms with Crippen LogP contribution in [0.15, 0.2) is 41.3 Å². The van der Waals surface area contributed by atoms with Crippen LogP contribution in [0.5, 0.6) is 0 Å². The van der Waals surface area contributed by atoms with E-state index in [0.29, 0.717) is 24.4 Å². The number of hydrogen-bond acceptors (Lipinski definition) is 6. The number of halogens is 1. The van der Waals surface area contributed by atoms with Crippen molar-refractivity contribution in [2.24, 2.45) is 0 Å². The average Bonchev–Trinajstić information content (AvgIpc) is 3.53. The molecule has 10 heteroatoms. The number of aromatic carboxylic acids is 1. The predicted molar refractivity (Wildman–Crippen MR) is 137 cm³/mol. The molecule has 1 saturated heterocycles. The van der Waals surface area contributed by atoms with Crippen molar-refractivity contribution in [3.8, 4) is 0 Å². The van der Waals surface area contributed by atoms with E-state index in [1.54, 1.807) is 31.4 Å². The second-order valence-corrected chi connectivity index (χ2v) is 10.7. The maximum atomic E-state index is 15.2. The van der Waals surface area contributed by atoms with Crippen molar-refractivity contribution >= 4 is 34.6 Å². The fourth-order valence-electron chi connectivity index (χ4n) is 4.76. The average molecular weight is 509 g/mol. The minimum absolute atomic E-state index is 0.0234. The molecule has 0 radical (unpaired) electrons. The molecule has 194 valence electrons. The minimum atomic E-state index is -1.34. The molecule has 1 unspecified atom stereocenters. The molecule has 5 rings (SSSR count). The topological polar surface area (TPSA) is 114 Å². The fourth-order valence-corrected chi connectivity index (χ4v) is 4.76. The van der Waals surface area contributed by atoms with Gasteiger partial charge in [-0.2, -0.15) is 0 Å². The number of nitrogens with zero attached hydrogens (tertiary/aromatic N) is 3. The molecule has 2 N–H and O–H groups in total. The van der Waals surface area contributed by atoms with Gasteiger partial charge in [-0.15, -0.1) is 0 Å². The summed E-state index contributed by atoms with van der Waals surface area (Å²) in [5.41, 5.74) is 0.201. The van der Waals surface area contributed by atoms with E-state index in [1.807, 2.05) is 23.1 Å². The minimum Gasteiger partial charge on any atom is -0.477 e. The van der Waals surface area contributed by atoms with Crippen LogP contribution < -0.4 is 15.6 Å². The van der Waals surface area contributed by atoms with Gasteiger partial charge in [0.1, 0.15) is 16.8 Å². The van der Waals surface area contributed by atoms with Crippen molar-refractivity contribution in [2.45, 2.75) is 57.6 Å². The highest BCUT2D eigenvalue weighted by atomic mass is 19.1. The Hall–Kier alpha value is -3.95. The van der Waals surface area contributed by atoms with Crippen LogP contribution in [0.3, 0.4) is 0 Å². The molecule has 2 aliphatic rings. The Balaban J connectivity index is 1.40. The van der Waals surface area contributed by atoms with Crippen LogP contribution in [0, 0.1) is 5.82 Å². The molecule has 2 aromatic heterocycles. The molecule has 0 spiro atoms. The van der Waals surface area contributed by atoms with Gasteiger partial charge in [-0.05, 0) is 63.8 Å². The lowest BCUT2D eigenvalue weighted by Crippen LogP contribution is -2.27. The highest BCUT2D eigenvalue weighted by molar-refractivity contribution is 5.92. The van der Waals surface area contributed by atoms with Crippen LogP contribution >= 0.6 is 0 Å². The summed E-state index contributed by atoms with van der Waals surface area (Å²) >= 11 is 0. The van der Waals surface area contributed by atoms with Gasteiger partial charge >= 0.3 is 12.1 Å². The van der Waals surface area contributed by atoms with Gasteiger partial charge in [0.25, 0.3) is 0 Å². The summed E-state index contributed by atoms with van der Waals surface area (Å²) in [6.45, 7) is 6.46. The predicted octanol–water partition coefficient (Wildman–Crippen LogP) is 4.91. The zero-order valence-corrected chi connectivity index (χ0v) is 21.0. The number of carboxylic acids is 1. The number of ether oxygens (including phenoxy) is 1. The van der Waals surface area contributed by atoms with E-state index in [-0.39, 0.29) is 28.7 Å². The van der Waals surface area contributed by atoms with Crippen LogP contribution in [-0.2, 0) is 4.74 Å². The van der Waals surface area contributed by atoms with Crippen molar-refractivity contribution in [1.82, 2.24) is 9.55 Å². The summed E-state index contributed by atoms with van der Waals surface area (Å²) in [6, 6.07) is 8.67. The van der Waals surface area contributed by atoms with Gasteiger partial charge in [-0.1, -0.05) is 12.1 Å². The number of carbonyl (C=O) groups is 2. The molecule has 37 heavy (non-hydrogen) atoms. The first kappa shape index (κ1) is 24.7. The van der Waals surface area contributed by atoms with E-state index in [4.69, 9.17) is 4.74 Å². The highest BCUT2D eigenvalue weighted by Crippen LogP contribution is 2.38. The molecule has 3 aromatic rings. The van der Waals surface area contributed by atoms with Crippen LogP contribution in [0.4, 0.5) is 20.7 Å². The molecule has 1 aromatic carbocycles. The first-order chi connectivity index (χ1) is 17.5. The Morgan fingerprint density at radius 1 is 1.19 bits per heavy atom. The van der Waals surface area contributed by atoms with Gasteiger partial charge in [0.2, 0.25) is 5.43 Å². The number of fused-ring (bicyclic) bond motifs is 1.